The molecule has 0 bridgehead atoms. The van der Waals surface area contributed by atoms with Crippen LogP contribution in [-0.2, 0) is 4.79 Å². The van der Waals surface area contributed by atoms with Crippen molar-refractivity contribution >= 4 is 29.3 Å². The van der Waals surface area contributed by atoms with Crippen molar-refractivity contribution in [2.75, 3.05) is 30.3 Å². The average molecular weight is 349 g/mol. The van der Waals surface area contributed by atoms with Crippen molar-refractivity contribution < 1.29 is 14.7 Å². The molecule has 10 nitrogen and oxygen atoms in total. The quantitative estimate of drug-likeness (QED) is 0.381. The third-order valence-corrected chi connectivity index (χ3v) is 3.89. The first-order valence-corrected chi connectivity index (χ1v) is 8.00. The first kappa shape index (κ1) is 18.6. The number of anilines is 2. The number of carbonyl (C=O) groups excluding carboxylic acids is 1. The number of nitrogens with two attached hydrogens (primary N) is 2. The Morgan fingerprint density at radius 3 is 2.88 bits per heavy atom. The van der Waals surface area contributed by atoms with Gasteiger partial charge in [-0.3, -0.25) is 9.69 Å². The predicted molar refractivity (Wildman–Crippen MR) is 93.7 cm³/mol. The number of hydrogen-bond acceptors (Lipinski definition) is 7. The van der Waals surface area contributed by atoms with E-state index in [1.54, 1.807) is 0 Å². The van der Waals surface area contributed by atoms with Gasteiger partial charge in [-0.2, -0.15) is 0 Å². The van der Waals surface area contributed by atoms with Crippen molar-refractivity contribution in [3.05, 3.63) is 18.5 Å². The highest BCUT2D eigenvalue weighted by Gasteiger charge is 2.29. The fourth-order valence-corrected chi connectivity index (χ4v) is 2.60. The van der Waals surface area contributed by atoms with Crippen LogP contribution in [0.3, 0.4) is 0 Å². The molecule has 2 heterocycles. The lowest BCUT2D eigenvalue weighted by Gasteiger charge is -2.30. The Balaban J connectivity index is 2.01. The molecule has 136 valence electrons. The first-order valence-electron chi connectivity index (χ1n) is 8.00. The van der Waals surface area contributed by atoms with E-state index < -0.39 is 18.0 Å². The molecule has 2 amide bonds. The molecule has 0 aliphatic carbocycles. The van der Waals surface area contributed by atoms with Gasteiger partial charge in [0.25, 0.3) is 0 Å². The molecule has 2 rings (SSSR count). The second kappa shape index (κ2) is 8.40. The number of aliphatic carboxylic acids is 1. The highest BCUT2D eigenvalue weighted by molar-refractivity contribution is 6.04. The van der Waals surface area contributed by atoms with Gasteiger partial charge < -0.3 is 27.2 Å². The van der Waals surface area contributed by atoms with Crippen LogP contribution in [0.2, 0.25) is 0 Å². The van der Waals surface area contributed by atoms with E-state index >= 15 is 0 Å². The molecule has 10 heteroatoms. The summed E-state index contributed by atoms with van der Waals surface area (Å²) in [6.07, 6.45) is 3.23. The fourth-order valence-electron chi connectivity index (χ4n) is 2.60. The van der Waals surface area contributed by atoms with Crippen LogP contribution >= 0.6 is 0 Å². The van der Waals surface area contributed by atoms with Gasteiger partial charge in [0, 0.05) is 18.8 Å². The van der Waals surface area contributed by atoms with E-state index in [0.717, 1.165) is 12.8 Å². The third kappa shape index (κ3) is 4.43. The van der Waals surface area contributed by atoms with Crippen molar-refractivity contribution in [2.45, 2.75) is 25.3 Å². The van der Waals surface area contributed by atoms with Crippen LogP contribution in [-0.4, -0.2) is 52.8 Å². The van der Waals surface area contributed by atoms with Crippen LogP contribution in [0.15, 0.2) is 12.9 Å². The number of fused-ring (bicyclic) bond motifs is 1. The number of amides is 2. The number of nitrogens with zero attached hydrogens (tertiary/aromatic N) is 3. The second-order valence-corrected chi connectivity index (χ2v) is 5.65. The number of carboxylic acids is 1. The van der Waals surface area contributed by atoms with Crippen LogP contribution in [0, 0.1) is 0 Å². The van der Waals surface area contributed by atoms with E-state index in [2.05, 4.69) is 27.2 Å². The molecule has 1 aromatic rings. The van der Waals surface area contributed by atoms with Gasteiger partial charge in [0.15, 0.2) is 5.82 Å². The maximum Gasteiger partial charge on any atom is 0.327 e. The van der Waals surface area contributed by atoms with Crippen molar-refractivity contribution in [1.29, 1.82) is 0 Å². The molecule has 0 spiro atoms. The lowest BCUT2D eigenvalue weighted by atomic mass is 10.1. The highest BCUT2D eigenvalue weighted by Crippen LogP contribution is 2.30. The zero-order valence-electron chi connectivity index (χ0n) is 13.9. The molecular formula is C15H23N7O3. The summed E-state index contributed by atoms with van der Waals surface area (Å²) in [5.74, 6) is -0.350. The number of rotatable bonds is 9. The summed E-state index contributed by atoms with van der Waals surface area (Å²) in [7, 11) is 0. The van der Waals surface area contributed by atoms with Gasteiger partial charge in [0.1, 0.15) is 18.2 Å². The number of nitrogen functional groups attached to an aromatic ring is 1. The number of unbranched alkanes of at least 4 members (excludes halogenated alkanes) is 1. The summed E-state index contributed by atoms with van der Waals surface area (Å²) in [5.41, 5.74) is 12.1. The van der Waals surface area contributed by atoms with E-state index in [4.69, 9.17) is 11.5 Å². The fraction of sp³-hybridized carbons (Fsp3) is 0.467. The monoisotopic (exact) mass is 349 g/mol. The molecule has 1 atom stereocenters. The van der Waals surface area contributed by atoms with Gasteiger partial charge in [0.05, 0.1) is 5.56 Å². The minimum absolute atomic E-state index is 0.221. The molecule has 1 aliphatic heterocycles. The van der Waals surface area contributed by atoms with Crippen LogP contribution in [0.5, 0.6) is 0 Å². The number of carbonyl (C=O) groups is 2. The standard InChI is InChI=1S/C15H23N7O3/c1-9-11-12(17)19-8-20-13(11)22(15(25)21-9)7-6-18-10(14(23)24)4-2-3-5-16/h8,10,18H,1-7,16H2,(H,21,25)(H,23,24)(H2,17,19,20). The zero-order chi connectivity index (χ0) is 18.4. The lowest BCUT2D eigenvalue weighted by molar-refractivity contribution is -0.139. The molecule has 1 unspecified atom stereocenters. The minimum atomic E-state index is -0.930. The van der Waals surface area contributed by atoms with Gasteiger partial charge in [-0.05, 0) is 19.4 Å². The molecule has 25 heavy (non-hydrogen) atoms. The SMILES string of the molecule is C=C1NC(=O)N(CCNC(CCCCN)C(=O)O)c2ncnc(N)c21. The minimum Gasteiger partial charge on any atom is -0.480 e. The summed E-state index contributed by atoms with van der Waals surface area (Å²) < 4.78 is 0. The molecular weight excluding hydrogens is 326 g/mol. The summed E-state index contributed by atoms with van der Waals surface area (Å²) in [5, 5.41) is 14.8. The molecule has 0 saturated heterocycles. The number of hydrogen-bond donors (Lipinski definition) is 5. The molecule has 7 N–H and O–H groups in total. The molecule has 0 fully saturated rings. The maximum atomic E-state index is 12.2. The Bertz CT molecular complexity index is 665. The summed E-state index contributed by atoms with van der Waals surface area (Å²) in [6, 6.07) is -1.09. The molecule has 0 saturated carbocycles. The number of nitrogens with one attached hydrogen (secondary N) is 2. The third-order valence-electron chi connectivity index (χ3n) is 3.89. The second-order valence-electron chi connectivity index (χ2n) is 5.65. The Morgan fingerprint density at radius 1 is 1.44 bits per heavy atom. The van der Waals surface area contributed by atoms with Gasteiger partial charge in [-0.1, -0.05) is 13.0 Å². The average Bonchev–Trinajstić information content (AvgIpc) is 2.55. The largest absolute Gasteiger partial charge is 0.480 e. The van der Waals surface area contributed by atoms with Gasteiger partial charge in [-0.25, -0.2) is 14.8 Å². The van der Waals surface area contributed by atoms with Crippen molar-refractivity contribution in [2.24, 2.45) is 5.73 Å². The zero-order valence-corrected chi connectivity index (χ0v) is 13.9. The summed E-state index contributed by atoms with van der Waals surface area (Å²) in [6.45, 7) is 4.79. The molecule has 1 aromatic heterocycles. The predicted octanol–water partition coefficient (Wildman–Crippen LogP) is -0.269. The van der Waals surface area contributed by atoms with Gasteiger partial charge in [0.2, 0.25) is 0 Å². The summed E-state index contributed by atoms with van der Waals surface area (Å²) >= 11 is 0. The Morgan fingerprint density at radius 2 is 2.20 bits per heavy atom. The number of aromatic nitrogens is 2. The first-order chi connectivity index (χ1) is 12.0. The van der Waals surface area contributed by atoms with Gasteiger partial charge in [-0.15, -0.1) is 0 Å². The Hall–Kier alpha value is -2.72. The van der Waals surface area contributed by atoms with Crippen LogP contribution < -0.4 is 27.0 Å². The molecule has 0 aromatic carbocycles. The van der Waals surface area contributed by atoms with E-state index in [1.165, 1.54) is 11.2 Å². The van der Waals surface area contributed by atoms with Crippen molar-refractivity contribution in [1.82, 2.24) is 20.6 Å². The number of carboxylic acid groups (broad SMARTS) is 1. The topological polar surface area (TPSA) is 159 Å². The lowest BCUT2D eigenvalue weighted by Crippen LogP contribution is -2.48. The number of urea groups is 1. The van der Waals surface area contributed by atoms with Crippen LogP contribution in [0.1, 0.15) is 24.8 Å². The Kier molecular flexibility index (Phi) is 6.25. The van der Waals surface area contributed by atoms with Gasteiger partial charge >= 0.3 is 12.0 Å². The van der Waals surface area contributed by atoms with E-state index in [9.17, 15) is 14.7 Å². The highest BCUT2D eigenvalue weighted by atomic mass is 16.4. The normalized spacial score (nSPS) is 14.8. The molecule has 0 radical (unpaired) electrons. The van der Waals surface area contributed by atoms with Crippen LogP contribution in [0.4, 0.5) is 16.4 Å². The smallest absolute Gasteiger partial charge is 0.327 e. The Labute approximate surface area is 145 Å². The van der Waals surface area contributed by atoms with Crippen molar-refractivity contribution in [3.63, 3.8) is 0 Å². The van der Waals surface area contributed by atoms with Crippen molar-refractivity contribution in [3.8, 4) is 0 Å². The van der Waals surface area contributed by atoms with Crippen LogP contribution in [0.25, 0.3) is 5.70 Å². The summed E-state index contributed by atoms with van der Waals surface area (Å²) in [4.78, 5) is 32.9. The van der Waals surface area contributed by atoms with E-state index in [1.807, 2.05) is 0 Å². The molecule has 1 aliphatic rings. The van der Waals surface area contributed by atoms with E-state index in [0.29, 0.717) is 30.0 Å². The van der Waals surface area contributed by atoms with E-state index in [-0.39, 0.29) is 18.9 Å². The maximum absolute atomic E-state index is 12.2.